The maximum Gasteiger partial charge on any atom is 0.264 e. The Kier molecular flexibility index (Phi) is 11.0. The summed E-state index contributed by atoms with van der Waals surface area (Å²) in [6.07, 6.45) is 4.05. The Morgan fingerprint density at radius 2 is 1.50 bits per heavy atom. The van der Waals surface area contributed by atoms with Gasteiger partial charge in [-0.2, -0.15) is 0 Å². The predicted octanol–water partition coefficient (Wildman–Crippen LogP) is 7.20. The SMILES string of the molecule is Cc1ccc(S(=O)(=O)N(CC(=O)N(Cc2cccc(Cl)c2)C(Cc2ccccc2)C(=O)NC2CCCC2)c2ccccc2Cl)cc1. The van der Waals surface area contributed by atoms with Crippen molar-refractivity contribution in [3.05, 3.63) is 130 Å². The van der Waals surface area contributed by atoms with E-state index in [9.17, 15) is 18.0 Å². The number of para-hydroxylation sites is 1. The Hall–Kier alpha value is -3.85. The second-order valence-electron chi connectivity index (χ2n) is 11.6. The molecule has 4 aromatic rings. The van der Waals surface area contributed by atoms with Crippen LogP contribution in [0.5, 0.6) is 0 Å². The fraction of sp³-hybridized carbons (Fsp3) is 0.278. The van der Waals surface area contributed by atoms with Crippen molar-refractivity contribution in [2.75, 3.05) is 10.8 Å². The predicted molar refractivity (Wildman–Crippen MR) is 183 cm³/mol. The quantitative estimate of drug-likeness (QED) is 0.172. The number of nitrogens with zero attached hydrogens (tertiary/aromatic N) is 2. The first-order valence-electron chi connectivity index (χ1n) is 15.3. The molecule has 1 unspecified atom stereocenters. The maximum absolute atomic E-state index is 14.6. The van der Waals surface area contributed by atoms with E-state index in [0.717, 1.165) is 41.1 Å². The van der Waals surface area contributed by atoms with Gasteiger partial charge in [0.05, 0.1) is 15.6 Å². The number of rotatable bonds is 12. The third-order valence-electron chi connectivity index (χ3n) is 8.22. The molecule has 0 bridgehead atoms. The molecule has 0 aromatic heterocycles. The number of hydrogen-bond acceptors (Lipinski definition) is 4. The van der Waals surface area contributed by atoms with Crippen LogP contribution in [0.15, 0.2) is 108 Å². The first-order chi connectivity index (χ1) is 22.1. The highest BCUT2D eigenvalue weighted by Crippen LogP contribution is 2.31. The minimum Gasteiger partial charge on any atom is -0.352 e. The number of anilines is 1. The van der Waals surface area contributed by atoms with Gasteiger partial charge in [-0.05, 0) is 67.3 Å². The topological polar surface area (TPSA) is 86.8 Å². The second-order valence-corrected chi connectivity index (χ2v) is 14.3. The summed E-state index contributed by atoms with van der Waals surface area (Å²) in [6.45, 7) is 1.32. The number of halogens is 2. The van der Waals surface area contributed by atoms with Crippen molar-refractivity contribution < 1.29 is 18.0 Å². The van der Waals surface area contributed by atoms with Gasteiger partial charge in [0.1, 0.15) is 12.6 Å². The average molecular weight is 679 g/mol. The van der Waals surface area contributed by atoms with E-state index in [0.29, 0.717) is 10.6 Å². The van der Waals surface area contributed by atoms with Crippen LogP contribution in [0.25, 0.3) is 0 Å². The van der Waals surface area contributed by atoms with Crippen LogP contribution in [0.2, 0.25) is 10.0 Å². The molecule has 0 radical (unpaired) electrons. The molecule has 1 saturated carbocycles. The van der Waals surface area contributed by atoms with E-state index in [1.54, 1.807) is 54.6 Å². The van der Waals surface area contributed by atoms with E-state index in [1.165, 1.54) is 17.0 Å². The van der Waals surface area contributed by atoms with Gasteiger partial charge in [0, 0.05) is 24.0 Å². The number of aryl methyl sites for hydroxylation is 1. The molecule has 1 aliphatic carbocycles. The summed E-state index contributed by atoms with van der Waals surface area (Å²) in [6, 6.07) is 28.6. The van der Waals surface area contributed by atoms with Crippen molar-refractivity contribution in [1.82, 2.24) is 10.2 Å². The molecule has 0 spiro atoms. The molecule has 2 amide bonds. The zero-order valence-electron chi connectivity index (χ0n) is 25.6. The Balaban J connectivity index is 1.57. The summed E-state index contributed by atoms with van der Waals surface area (Å²) in [5.41, 5.74) is 2.63. The molecule has 1 N–H and O–H groups in total. The minimum atomic E-state index is -4.25. The molecule has 1 atom stereocenters. The van der Waals surface area contributed by atoms with Crippen LogP contribution < -0.4 is 9.62 Å². The van der Waals surface area contributed by atoms with Gasteiger partial charge in [0.2, 0.25) is 11.8 Å². The second kappa shape index (κ2) is 15.2. The van der Waals surface area contributed by atoms with Crippen LogP contribution in [0.4, 0.5) is 5.69 Å². The Morgan fingerprint density at radius 1 is 0.848 bits per heavy atom. The number of carbonyl (C=O) groups is 2. The van der Waals surface area contributed by atoms with Crippen LogP contribution in [0.3, 0.4) is 0 Å². The molecule has 10 heteroatoms. The van der Waals surface area contributed by atoms with Crippen molar-refractivity contribution in [2.24, 2.45) is 0 Å². The van der Waals surface area contributed by atoms with Crippen molar-refractivity contribution in [2.45, 2.75) is 62.6 Å². The highest BCUT2D eigenvalue weighted by atomic mass is 35.5. The Labute approximate surface area is 281 Å². The normalized spacial score (nSPS) is 14.1. The molecule has 7 nitrogen and oxygen atoms in total. The van der Waals surface area contributed by atoms with Gasteiger partial charge in [-0.3, -0.25) is 13.9 Å². The van der Waals surface area contributed by atoms with Crippen molar-refractivity contribution >= 4 is 50.7 Å². The molecule has 0 heterocycles. The largest absolute Gasteiger partial charge is 0.352 e. The monoisotopic (exact) mass is 677 g/mol. The molecule has 0 aliphatic heterocycles. The summed E-state index contributed by atoms with van der Waals surface area (Å²) >= 11 is 12.9. The van der Waals surface area contributed by atoms with Crippen LogP contribution >= 0.6 is 23.2 Å². The zero-order valence-corrected chi connectivity index (χ0v) is 27.9. The van der Waals surface area contributed by atoms with Gasteiger partial charge < -0.3 is 10.2 Å². The number of sulfonamides is 1. The molecular formula is C36H37Cl2N3O4S. The van der Waals surface area contributed by atoms with E-state index in [1.807, 2.05) is 43.3 Å². The number of carbonyl (C=O) groups excluding carboxylic acids is 2. The fourth-order valence-corrected chi connectivity index (χ4v) is 7.69. The van der Waals surface area contributed by atoms with E-state index >= 15 is 0 Å². The molecular weight excluding hydrogens is 641 g/mol. The number of benzene rings is 4. The lowest BCUT2D eigenvalue weighted by molar-refractivity contribution is -0.140. The lowest BCUT2D eigenvalue weighted by atomic mass is 10.0. The zero-order chi connectivity index (χ0) is 32.7. The Morgan fingerprint density at radius 3 is 2.17 bits per heavy atom. The number of hydrogen-bond donors (Lipinski definition) is 1. The Bertz CT molecular complexity index is 1760. The first-order valence-corrected chi connectivity index (χ1v) is 17.5. The summed E-state index contributed by atoms with van der Waals surface area (Å²) in [5.74, 6) is -0.838. The third-order valence-corrected chi connectivity index (χ3v) is 10.6. The summed E-state index contributed by atoms with van der Waals surface area (Å²) in [4.78, 5) is 30.2. The minimum absolute atomic E-state index is 0.0204. The lowest BCUT2D eigenvalue weighted by Crippen LogP contribution is -2.54. The molecule has 46 heavy (non-hydrogen) atoms. The maximum atomic E-state index is 14.6. The van der Waals surface area contributed by atoms with Crippen LogP contribution in [0, 0.1) is 6.92 Å². The lowest BCUT2D eigenvalue weighted by Gasteiger charge is -2.34. The number of nitrogens with one attached hydrogen (secondary N) is 1. The highest BCUT2D eigenvalue weighted by Gasteiger charge is 2.36. The molecule has 1 aliphatic rings. The fourth-order valence-electron chi connectivity index (χ4n) is 5.76. The summed E-state index contributed by atoms with van der Waals surface area (Å²) < 4.78 is 29.4. The molecule has 0 saturated heterocycles. The van der Waals surface area contributed by atoms with Crippen LogP contribution in [0.1, 0.15) is 42.4 Å². The average Bonchev–Trinajstić information content (AvgIpc) is 3.55. The van der Waals surface area contributed by atoms with E-state index < -0.39 is 28.5 Å². The molecule has 4 aromatic carbocycles. The van der Waals surface area contributed by atoms with Crippen molar-refractivity contribution in [1.29, 1.82) is 0 Å². The smallest absolute Gasteiger partial charge is 0.264 e. The van der Waals surface area contributed by atoms with Crippen molar-refractivity contribution in [3.8, 4) is 0 Å². The van der Waals surface area contributed by atoms with Gasteiger partial charge in [0.15, 0.2) is 0 Å². The van der Waals surface area contributed by atoms with Crippen LogP contribution in [-0.2, 0) is 32.6 Å². The standard InChI is InChI=1S/C36H37Cl2N3O4S/c1-26-18-20-31(21-19-26)46(44,45)41(33-17-8-7-16-32(33)38)25-35(42)40(24-28-12-9-13-29(37)22-28)34(23-27-10-3-2-4-11-27)36(43)39-30-14-5-6-15-30/h2-4,7-13,16-22,30,34H,5-6,14-15,23-25H2,1H3,(H,39,43). The molecule has 1 fully saturated rings. The van der Waals surface area contributed by atoms with Crippen LogP contribution in [-0.4, -0.2) is 43.8 Å². The molecule has 5 rings (SSSR count). The van der Waals surface area contributed by atoms with Gasteiger partial charge in [-0.25, -0.2) is 8.42 Å². The van der Waals surface area contributed by atoms with Gasteiger partial charge in [0.25, 0.3) is 10.0 Å². The van der Waals surface area contributed by atoms with Gasteiger partial charge >= 0.3 is 0 Å². The first kappa shape index (κ1) is 33.5. The van der Waals surface area contributed by atoms with E-state index in [4.69, 9.17) is 23.2 Å². The van der Waals surface area contributed by atoms with E-state index in [-0.39, 0.29) is 40.5 Å². The summed E-state index contributed by atoms with van der Waals surface area (Å²) in [5, 5.41) is 3.83. The van der Waals surface area contributed by atoms with Crippen molar-refractivity contribution in [3.63, 3.8) is 0 Å². The molecule has 240 valence electrons. The van der Waals surface area contributed by atoms with Gasteiger partial charge in [-0.1, -0.05) is 108 Å². The highest BCUT2D eigenvalue weighted by molar-refractivity contribution is 7.92. The number of amides is 2. The summed E-state index contributed by atoms with van der Waals surface area (Å²) in [7, 11) is -4.25. The van der Waals surface area contributed by atoms with E-state index in [2.05, 4.69) is 5.32 Å². The third kappa shape index (κ3) is 8.29. The van der Waals surface area contributed by atoms with Gasteiger partial charge in [-0.15, -0.1) is 0 Å².